The summed E-state index contributed by atoms with van der Waals surface area (Å²) in [6, 6.07) is 8.04. The van der Waals surface area contributed by atoms with Gasteiger partial charge in [0.2, 0.25) is 5.91 Å². The van der Waals surface area contributed by atoms with Crippen LogP contribution in [-0.4, -0.2) is 23.9 Å². The zero-order chi connectivity index (χ0) is 13.0. The van der Waals surface area contributed by atoms with E-state index in [4.69, 9.17) is 4.74 Å². The third-order valence-corrected chi connectivity index (χ3v) is 3.61. The number of carbonyl (C=O) groups excluding carboxylic acids is 1. The summed E-state index contributed by atoms with van der Waals surface area (Å²) in [5.41, 5.74) is 1.15. The fourth-order valence-electron chi connectivity index (χ4n) is 1.80. The Balaban J connectivity index is 2.13. The van der Waals surface area contributed by atoms with Crippen molar-refractivity contribution in [2.45, 2.75) is 19.4 Å². The van der Waals surface area contributed by atoms with Crippen molar-refractivity contribution in [1.82, 2.24) is 5.32 Å². The van der Waals surface area contributed by atoms with Crippen LogP contribution in [0, 0.1) is 0 Å². The number of amides is 1. The Hall–Kier alpha value is -1.49. The van der Waals surface area contributed by atoms with Gasteiger partial charge in [0.25, 0.3) is 0 Å². The van der Waals surface area contributed by atoms with Gasteiger partial charge in [-0.1, -0.05) is 23.9 Å². The lowest BCUT2D eigenvalue weighted by atomic mass is 10.1. The molecule has 18 heavy (non-hydrogen) atoms. The van der Waals surface area contributed by atoms with Gasteiger partial charge in [0.05, 0.1) is 13.2 Å². The summed E-state index contributed by atoms with van der Waals surface area (Å²) < 4.78 is 5.13. The van der Waals surface area contributed by atoms with Crippen LogP contribution in [0.15, 0.2) is 29.3 Å². The Morgan fingerprint density at radius 2 is 2.17 bits per heavy atom. The Morgan fingerprint density at radius 1 is 1.44 bits per heavy atom. The minimum absolute atomic E-state index is 0.0726. The molecule has 1 aromatic rings. The lowest BCUT2D eigenvalue weighted by molar-refractivity contribution is -0.117. The lowest BCUT2D eigenvalue weighted by Crippen LogP contribution is -2.28. The second kappa shape index (κ2) is 5.91. The van der Waals surface area contributed by atoms with Gasteiger partial charge < -0.3 is 10.1 Å². The summed E-state index contributed by atoms with van der Waals surface area (Å²) in [6.07, 6.45) is 0.986. The number of hydrogen-bond donors (Lipinski definition) is 1. The van der Waals surface area contributed by atoms with Gasteiger partial charge in [0.1, 0.15) is 5.75 Å². The van der Waals surface area contributed by atoms with E-state index in [2.05, 4.69) is 10.3 Å². The molecule has 1 N–H and O–H groups in total. The van der Waals surface area contributed by atoms with Crippen LogP contribution in [-0.2, 0) is 4.79 Å². The first-order chi connectivity index (χ1) is 8.69. The zero-order valence-corrected chi connectivity index (χ0v) is 11.3. The summed E-state index contributed by atoms with van der Waals surface area (Å²) in [5, 5.41) is 3.47. The minimum atomic E-state index is -0.0726. The van der Waals surface area contributed by atoms with E-state index in [9.17, 15) is 4.79 Å². The van der Waals surface area contributed by atoms with Crippen molar-refractivity contribution in [3.05, 3.63) is 29.8 Å². The van der Waals surface area contributed by atoms with E-state index in [1.54, 1.807) is 18.9 Å². The Kier molecular flexibility index (Phi) is 4.25. The molecular weight excluding hydrogens is 248 g/mol. The third-order valence-electron chi connectivity index (χ3n) is 2.69. The molecule has 1 amide bonds. The molecule has 0 fully saturated rings. The van der Waals surface area contributed by atoms with Crippen LogP contribution in [0.2, 0.25) is 0 Å². The first kappa shape index (κ1) is 13.0. The Morgan fingerprint density at radius 3 is 2.78 bits per heavy atom. The molecule has 4 nitrogen and oxygen atoms in total. The molecule has 0 spiro atoms. The second-order valence-corrected chi connectivity index (χ2v) is 5.13. The van der Waals surface area contributed by atoms with Gasteiger partial charge in [0.15, 0.2) is 5.17 Å². The molecule has 0 saturated heterocycles. The summed E-state index contributed by atoms with van der Waals surface area (Å²) in [5.74, 6) is 1.74. The number of nitrogens with one attached hydrogen (secondary N) is 1. The number of rotatable bonds is 2. The summed E-state index contributed by atoms with van der Waals surface area (Å²) in [6.45, 7) is 1.50. The summed E-state index contributed by atoms with van der Waals surface area (Å²) in [4.78, 5) is 15.6. The molecule has 0 saturated carbocycles. The standard InChI is InChI=1S/C13H16N2O2S/c1-9(16)14-13-15-12(7-8-18-13)10-3-5-11(17-2)6-4-10/h3-6,12H,7-8H2,1-2H3,(H,14,15,16). The van der Waals surface area contributed by atoms with E-state index < -0.39 is 0 Å². The number of nitrogens with zero attached hydrogens (tertiary/aromatic N) is 1. The highest BCUT2D eigenvalue weighted by molar-refractivity contribution is 8.13. The molecule has 1 heterocycles. The van der Waals surface area contributed by atoms with Gasteiger partial charge in [-0.2, -0.15) is 0 Å². The van der Waals surface area contributed by atoms with Crippen LogP contribution < -0.4 is 10.1 Å². The van der Waals surface area contributed by atoms with Crippen LogP contribution in [0.5, 0.6) is 5.75 Å². The van der Waals surface area contributed by atoms with Crippen LogP contribution in [0.25, 0.3) is 0 Å². The number of methoxy groups -OCH3 is 1. The first-order valence-corrected chi connectivity index (χ1v) is 6.79. The second-order valence-electron chi connectivity index (χ2n) is 4.04. The maximum Gasteiger partial charge on any atom is 0.222 e. The summed E-state index contributed by atoms with van der Waals surface area (Å²) >= 11 is 1.59. The lowest BCUT2D eigenvalue weighted by Gasteiger charge is -2.20. The number of benzene rings is 1. The fourth-order valence-corrected chi connectivity index (χ4v) is 2.75. The van der Waals surface area contributed by atoms with E-state index in [-0.39, 0.29) is 11.9 Å². The average Bonchev–Trinajstić information content (AvgIpc) is 2.38. The molecule has 1 unspecified atom stereocenters. The molecular formula is C13H16N2O2S. The SMILES string of the molecule is COc1ccc(C2CCSC(NC(C)=O)=N2)cc1. The molecule has 5 heteroatoms. The number of aliphatic imine (C=N–C) groups is 1. The quantitative estimate of drug-likeness (QED) is 0.892. The van der Waals surface area contributed by atoms with Crippen molar-refractivity contribution in [2.24, 2.45) is 4.99 Å². The van der Waals surface area contributed by atoms with Crippen LogP contribution in [0.3, 0.4) is 0 Å². The molecule has 96 valence electrons. The molecule has 1 atom stereocenters. The smallest absolute Gasteiger partial charge is 0.222 e. The van der Waals surface area contributed by atoms with Gasteiger partial charge >= 0.3 is 0 Å². The van der Waals surface area contributed by atoms with E-state index in [1.807, 2.05) is 24.3 Å². The Labute approximate surface area is 111 Å². The van der Waals surface area contributed by atoms with Gasteiger partial charge in [-0.05, 0) is 24.1 Å². The predicted octanol–water partition coefficient (Wildman–Crippen LogP) is 2.37. The van der Waals surface area contributed by atoms with Crippen molar-refractivity contribution in [3.63, 3.8) is 0 Å². The molecule has 1 aliphatic rings. The highest BCUT2D eigenvalue weighted by atomic mass is 32.2. The van der Waals surface area contributed by atoms with Crippen LogP contribution >= 0.6 is 11.8 Å². The molecule has 0 aliphatic carbocycles. The number of amidine groups is 1. The van der Waals surface area contributed by atoms with Crippen molar-refractivity contribution >= 4 is 22.8 Å². The van der Waals surface area contributed by atoms with Crippen molar-refractivity contribution in [3.8, 4) is 5.75 Å². The van der Waals surface area contributed by atoms with Crippen molar-refractivity contribution in [2.75, 3.05) is 12.9 Å². The minimum Gasteiger partial charge on any atom is -0.497 e. The monoisotopic (exact) mass is 264 g/mol. The number of carbonyl (C=O) groups is 1. The van der Waals surface area contributed by atoms with Gasteiger partial charge in [0, 0.05) is 12.7 Å². The van der Waals surface area contributed by atoms with Gasteiger partial charge in [-0.25, -0.2) is 0 Å². The molecule has 2 rings (SSSR count). The number of hydrogen-bond acceptors (Lipinski definition) is 4. The van der Waals surface area contributed by atoms with E-state index in [0.29, 0.717) is 0 Å². The van der Waals surface area contributed by atoms with E-state index in [1.165, 1.54) is 6.92 Å². The van der Waals surface area contributed by atoms with Gasteiger partial charge in [-0.15, -0.1) is 0 Å². The maximum absolute atomic E-state index is 11.0. The predicted molar refractivity (Wildman–Crippen MR) is 74.1 cm³/mol. The topological polar surface area (TPSA) is 50.7 Å². The molecule has 1 aliphatic heterocycles. The van der Waals surface area contributed by atoms with Crippen LogP contribution in [0.1, 0.15) is 24.9 Å². The van der Waals surface area contributed by atoms with Crippen molar-refractivity contribution in [1.29, 1.82) is 0 Å². The zero-order valence-electron chi connectivity index (χ0n) is 10.5. The maximum atomic E-state index is 11.0. The Bertz CT molecular complexity index is 457. The summed E-state index contributed by atoms with van der Waals surface area (Å²) in [7, 11) is 1.65. The molecule has 0 radical (unpaired) electrons. The number of thioether (sulfide) groups is 1. The van der Waals surface area contributed by atoms with Crippen LogP contribution in [0.4, 0.5) is 0 Å². The third kappa shape index (κ3) is 3.26. The highest BCUT2D eigenvalue weighted by Gasteiger charge is 2.17. The average molecular weight is 264 g/mol. The number of ether oxygens (including phenoxy) is 1. The molecule has 0 bridgehead atoms. The normalized spacial score (nSPS) is 19.0. The van der Waals surface area contributed by atoms with Gasteiger partial charge in [-0.3, -0.25) is 9.79 Å². The van der Waals surface area contributed by atoms with Crippen molar-refractivity contribution < 1.29 is 9.53 Å². The largest absolute Gasteiger partial charge is 0.497 e. The fraction of sp³-hybridized carbons (Fsp3) is 0.385. The highest BCUT2D eigenvalue weighted by Crippen LogP contribution is 2.29. The van der Waals surface area contributed by atoms with E-state index in [0.717, 1.165) is 28.7 Å². The first-order valence-electron chi connectivity index (χ1n) is 5.81. The van der Waals surface area contributed by atoms with E-state index >= 15 is 0 Å². The molecule has 1 aromatic carbocycles. The molecule has 0 aromatic heterocycles.